The van der Waals surface area contributed by atoms with E-state index in [4.69, 9.17) is 4.74 Å². The van der Waals surface area contributed by atoms with Gasteiger partial charge in [-0.3, -0.25) is 4.79 Å². The van der Waals surface area contributed by atoms with E-state index in [1.54, 1.807) is 0 Å². The second-order valence-electron chi connectivity index (χ2n) is 5.50. The van der Waals surface area contributed by atoms with Crippen molar-refractivity contribution >= 4 is 17.0 Å². The summed E-state index contributed by atoms with van der Waals surface area (Å²) < 4.78 is 5.77. The number of hydrogen-bond donors (Lipinski definition) is 1. The molecular weight excluding hydrogens is 246 g/mol. The van der Waals surface area contributed by atoms with Crippen LogP contribution in [0.2, 0.25) is 0 Å². The molecule has 1 aliphatic rings. The number of carbonyl (C=O) groups excluding carboxylic acids is 1. The van der Waals surface area contributed by atoms with E-state index in [2.05, 4.69) is 5.32 Å². The average molecular weight is 265 g/mol. The van der Waals surface area contributed by atoms with Crippen LogP contribution in [0.1, 0.15) is 33.6 Å². The number of benzene rings is 1. The Morgan fingerprint density at radius 3 is 2.72 bits per heavy atom. The fourth-order valence-corrected chi connectivity index (χ4v) is 2.25. The molecule has 2 rings (SSSR count). The van der Waals surface area contributed by atoms with Crippen LogP contribution in [0.25, 0.3) is 0 Å². The molecule has 3 nitrogen and oxygen atoms in total. The third-order valence-corrected chi connectivity index (χ3v) is 3.13. The zero-order valence-electron chi connectivity index (χ0n) is 11.0. The quantitative estimate of drug-likeness (QED) is 0.844. The first kappa shape index (κ1) is 13.3. The van der Waals surface area contributed by atoms with Crippen molar-refractivity contribution < 1.29 is 9.53 Å². The Bertz CT molecular complexity index is 436. The molecule has 0 atom stereocenters. The molecule has 0 unspecified atom stereocenters. The Labute approximate surface area is 112 Å². The SMILES string of the molecule is CC(C)(C)Oc1cccc(SC(=O)NC2CC2)c1. The monoisotopic (exact) mass is 265 g/mol. The molecule has 18 heavy (non-hydrogen) atoms. The minimum Gasteiger partial charge on any atom is -0.488 e. The number of rotatable bonds is 3. The van der Waals surface area contributed by atoms with Crippen LogP contribution >= 0.6 is 11.8 Å². The van der Waals surface area contributed by atoms with Gasteiger partial charge in [0.1, 0.15) is 11.4 Å². The molecule has 0 spiro atoms. The normalized spacial score (nSPS) is 15.3. The van der Waals surface area contributed by atoms with Crippen molar-refractivity contribution in [3.8, 4) is 5.75 Å². The van der Waals surface area contributed by atoms with Crippen molar-refractivity contribution in [2.24, 2.45) is 0 Å². The summed E-state index contributed by atoms with van der Waals surface area (Å²) in [4.78, 5) is 12.6. The Balaban J connectivity index is 1.95. The maximum atomic E-state index is 11.7. The minimum absolute atomic E-state index is 0.0189. The van der Waals surface area contributed by atoms with Crippen molar-refractivity contribution in [2.75, 3.05) is 0 Å². The van der Waals surface area contributed by atoms with Crippen LogP contribution in [0.5, 0.6) is 5.75 Å². The molecule has 98 valence electrons. The van der Waals surface area contributed by atoms with Gasteiger partial charge in [-0.15, -0.1) is 0 Å². The summed E-state index contributed by atoms with van der Waals surface area (Å²) in [5.41, 5.74) is -0.223. The molecule has 0 bridgehead atoms. The number of thioether (sulfide) groups is 1. The highest BCUT2D eigenvalue weighted by atomic mass is 32.2. The summed E-state index contributed by atoms with van der Waals surface area (Å²) in [6, 6.07) is 8.05. The molecule has 0 aliphatic heterocycles. The van der Waals surface area contributed by atoms with Crippen LogP contribution in [0.4, 0.5) is 4.79 Å². The van der Waals surface area contributed by atoms with Gasteiger partial charge in [0.25, 0.3) is 5.24 Å². The standard InChI is InChI=1S/C14H19NO2S/c1-14(2,3)17-11-5-4-6-12(9-11)18-13(16)15-10-7-8-10/h4-6,9-10H,7-8H2,1-3H3,(H,15,16). The summed E-state index contributed by atoms with van der Waals surface area (Å²) in [6.07, 6.45) is 2.22. The van der Waals surface area contributed by atoms with Crippen LogP contribution in [-0.2, 0) is 0 Å². The number of carbonyl (C=O) groups is 1. The zero-order valence-corrected chi connectivity index (χ0v) is 11.8. The van der Waals surface area contributed by atoms with Crippen molar-refractivity contribution in [1.29, 1.82) is 0 Å². The number of ether oxygens (including phenoxy) is 1. The molecule has 4 heteroatoms. The first-order valence-electron chi connectivity index (χ1n) is 6.20. The zero-order chi connectivity index (χ0) is 13.2. The first-order valence-corrected chi connectivity index (χ1v) is 7.01. The van der Waals surface area contributed by atoms with E-state index in [1.807, 2.05) is 45.0 Å². The second-order valence-corrected chi connectivity index (χ2v) is 6.54. The molecule has 1 N–H and O–H groups in total. The maximum absolute atomic E-state index is 11.7. The fraction of sp³-hybridized carbons (Fsp3) is 0.500. The highest BCUT2D eigenvalue weighted by Gasteiger charge is 2.23. The lowest BCUT2D eigenvalue weighted by atomic mass is 10.2. The van der Waals surface area contributed by atoms with Crippen molar-refractivity contribution in [3.63, 3.8) is 0 Å². The smallest absolute Gasteiger partial charge is 0.284 e. The van der Waals surface area contributed by atoms with E-state index in [9.17, 15) is 4.79 Å². The topological polar surface area (TPSA) is 38.3 Å². The van der Waals surface area contributed by atoms with E-state index in [0.29, 0.717) is 6.04 Å². The molecule has 1 aromatic rings. The fourth-order valence-electron chi connectivity index (χ4n) is 1.49. The lowest BCUT2D eigenvalue weighted by Crippen LogP contribution is -2.23. The Morgan fingerprint density at radius 2 is 2.11 bits per heavy atom. The lowest BCUT2D eigenvalue weighted by Gasteiger charge is -2.21. The summed E-state index contributed by atoms with van der Waals surface area (Å²) in [6.45, 7) is 6.02. The van der Waals surface area contributed by atoms with Gasteiger partial charge in [0.05, 0.1) is 0 Å². The molecule has 0 radical (unpaired) electrons. The van der Waals surface area contributed by atoms with Crippen LogP contribution < -0.4 is 10.1 Å². The number of nitrogens with one attached hydrogen (secondary N) is 1. The minimum atomic E-state index is -0.223. The van der Waals surface area contributed by atoms with Crippen LogP contribution in [0.15, 0.2) is 29.2 Å². The molecular formula is C14H19NO2S. The van der Waals surface area contributed by atoms with Crippen molar-refractivity contribution in [1.82, 2.24) is 5.32 Å². The van der Waals surface area contributed by atoms with Gasteiger partial charge in [0.2, 0.25) is 0 Å². The molecule has 1 fully saturated rings. The lowest BCUT2D eigenvalue weighted by molar-refractivity contribution is 0.130. The third-order valence-electron chi connectivity index (χ3n) is 2.34. The third kappa shape index (κ3) is 4.61. The predicted molar refractivity (Wildman–Crippen MR) is 74.2 cm³/mol. The summed E-state index contributed by atoms with van der Waals surface area (Å²) in [5, 5.41) is 2.97. The highest BCUT2D eigenvalue weighted by molar-refractivity contribution is 8.13. The van der Waals surface area contributed by atoms with Crippen LogP contribution in [-0.4, -0.2) is 16.9 Å². The van der Waals surface area contributed by atoms with Gasteiger partial charge in [-0.05, 0) is 63.6 Å². The second kappa shape index (κ2) is 5.22. The Kier molecular flexibility index (Phi) is 3.85. The highest BCUT2D eigenvalue weighted by Crippen LogP contribution is 2.27. The molecule has 0 heterocycles. The van der Waals surface area contributed by atoms with Crippen molar-refractivity contribution in [2.45, 2.75) is 50.2 Å². The number of amides is 1. The van der Waals surface area contributed by atoms with Gasteiger partial charge in [-0.1, -0.05) is 6.07 Å². The van der Waals surface area contributed by atoms with Gasteiger partial charge in [0.15, 0.2) is 0 Å². The molecule has 0 saturated heterocycles. The largest absolute Gasteiger partial charge is 0.488 e. The summed E-state index contributed by atoms with van der Waals surface area (Å²) in [7, 11) is 0. The first-order chi connectivity index (χ1) is 8.42. The van der Waals surface area contributed by atoms with Gasteiger partial charge in [-0.2, -0.15) is 0 Å². The Morgan fingerprint density at radius 1 is 1.39 bits per heavy atom. The van der Waals surface area contributed by atoms with Gasteiger partial charge < -0.3 is 10.1 Å². The van der Waals surface area contributed by atoms with Crippen LogP contribution in [0.3, 0.4) is 0 Å². The van der Waals surface area contributed by atoms with E-state index in [-0.39, 0.29) is 10.8 Å². The van der Waals surface area contributed by atoms with E-state index in [1.165, 1.54) is 11.8 Å². The molecule has 1 aliphatic carbocycles. The van der Waals surface area contributed by atoms with E-state index >= 15 is 0 Å². The van der Waals surface area contributed by atoms with Crippen molar-refractivity contribution in [3.05, 3.63) is 24.3 Å². The molecule has 1 aromatic carbocycles. The van der Waals surface area contributed by atoms with Gasteiger partial charge in [-0.25, -0.2) is 0 Å². The van der Waals surface area contributed by atoms with E-state index < -0.39 is 0 Å². The predicted octanol–water partition coefficient (Wildman–Crippen LogP) is 3.83. The Hall–Kier alpha value is -1.16. The molecule has 1 amide bonds. The van der Waals surface area contributed by atoms with Gasteiger partial charge >= 0.3 is 0 Å². The van der Waals surface area contributed by atoms with E-state index in [0.717, 1.165) is 23.5 Å². The number of hydrogen-bond acceptors (Lipinski definition) is 3. The summed E-state index contributed by atoms with van der Waals surface area (Å²) in [5.74, 6) is 0.798. The van der Waals surface area contributed by atoms with Crippen LogP contribution in [0, 0.1) is 0 Å². The molecule has 0 aromatic heterocycles. The maximum Gasteiger partial charge on any atom is 0.284 e. The summed E-state index contributed by atoms with van der Waals surface area (Å²) >= 11 is 1.22. The average Bonchev–Trinajstić information content (AvgIpc) is 2.98. The molecule has 1 saturated carbocycles. The van der Waals surface area contributed by atoms with Gasteiger partial charge in [0, 0.05) is 10.9 Å².